The summed E-state index contributed by atoms with van der Waals surface area (Å²) in [6.07, 6.45) is 2.70. The van der Waals surface area contributed by atoms with Gasteiger partial charge in [-0.15, -0.1) is 0 Å². The summed E-state index contributed by atoms with van der Waals surface area (Å²) in [4.78, 5) is 61.3. The number of anilines is 1. The Bertz CT molecular complexity index is 1600. The number of hydrogen-bond acceptors (Lipinski definition) is 7. The molecule has 0 saturated carbocycles. The van der Waals surface area contributed by atoms with Crippen LogP contribution in [0.5, 0.6) is 0 Å². The molecular weight excluding hydrogens is 567 g/mol. The fourth-order valence-corrected chi connectivity index (χ4v) is 4.84. The number of fused-ring (bicyclic) bond motifs is 1. The lowest BCUT2D eigenvalue weighted by Gasteiger charge is -2.20. The van der Waals surface area contributed by atoms with Gasteiger partial charge in [-0.05, 0) is 70.8 Å². The Kier molecular flexibility index (Phi) is 11.6. The number of amides is 2. The first kappa shape index (κ1) is 34.2. The summed E-state index contributed by atoms with van der Waals surface area (Å²) >= 11 is 0. The average molecular weight is 611 g/mol. The van der Waals surface area contributed by atoms with Gasteiger partial charge in [0.2, 0.25) is 0 Å². The van der Waals surface area contributed by atoms with Gasteiger partial charge in [0.05, 0.1) is 23.8 Å². The largest absolute Gasteiger partial charge is 0.436 e. The van der Waals surface area contributed by atoms with Crippen molar-refractivity contribution >= 4 is 35.0 Å². The number of aldehydes is 1. The molecule has 0 aliphatic carbocycles. The fourth-order valence-electron chi connectivity index (χ4n) is 4.84. The summed E-state index contributed by atoms with van der Waals surface area (Å²) in [5, 5.41) is 2.63. The van der Waals surface area contributed by atoms with Gasteiger partial charge >= 0.3 is 6.09 Å². The van der Waals surface area contributed by atoms with E-state index < -0.39 is 23.7 Å². The highest BCUT2D eigenvalue weighted by molar-refractivity contribution is 5.95. The molecule has 11 nitrogen and oxygen atoms in total. The fraction of sp³-hybridized carbons (Fsp3) is 0.469. The van der Waals surface area contributed by atoms with Crippen LogP contribution in [0.4, 0.5) is 14.9 Å². The lowest BCUT2D eigenvalue weighted by atomic mass is 10.0. The standard InChI is InChI=1S/C32H43FN6O5/c1-19(2)14-23-24(33)15-34-28-21(4)26(35-29(23)28)17-39-20(3)12-13-25(31(39)42)36-30(41)27(44-32(43)38(7)8)11-9-10-22(18-40)16-37(5)6/h10,12-13,15,18-19,27,35H,9,11,14,16-17H2,1-8H3,(H,36,41)/b22-10-/t27-/m0/s1. The maximum Gasteiger partial charge on any atom is 0.410 e. The molecule has 0 saturated heterocycles. The summed E-state index contributed by atoms with van der Waals surface area (Å²) in [7, 11) is 6.67. The molecule has 44 heavy (non-hydrogen) atoms. The van der Waals surface area contributed by atoms with Crippen LogP contribution in [-0.4, -0.2) is 83.5 Å². The highest BCUT2D eigenvalue weighted by Crippen LogP contribution is 2.27. The first-order valence-electron chi connectivity index (χ1n) is 14.6. The second-order valence-electron chi connectivity index (χ2n) is 11.9. The molecule has 0 aliphatic heterocycles. The maximum atomic E-state index is 14.7. The van der Waals surface area contributed by atoms with Gasteiger partial charge in [0.1, 0.15) is 17.8 Å². The Labute approximate surface area is 257 Å². The van der Waals surface area contributed by atoms with Gasteiger partial charge in [0, 0.05) is 43.2 Å². The lowest BCUT2D eigenvalue weighted by Crippen LogP contribution is -2.38. The van der Waals surface area contributed by atoms with Crippen molar-refractivity contribution in [1.82, 2.24) is 24.3 Å². The molecule has 0 bridgehead atoms. The van der Waals surface area contributed by atoms with E-state index in [1.54, 1.807) is 19.1 Å². The van der Waals surface area contributed by atoms with Crippen molar-refractivity contribution in [3.8, 4) is 0 Å². The summed E-state index contributed by atoms with van der Waals surface area (Å²) in [6, 6.07) is 3.21. The Balaban J connectivity index is 1.90. The van der Waals surface area contributed by atoms with E-state index in [0.29, 0.717) is 52.9 Å². The zero-order chi connectivity index (χ0) is 32.7. The number of aromatic nitrogens is 3. The molecule has 0 radical (unpaired) electrons. The Morgan fingerprint density at radius 1 is 1.18 bits per heavy atom. The van der Waals surface area contributed by atoms with E-state index in [1.807, 2.05) is 39.8 Å². The van der Waals surface area contributed by atoms with Crippen molar-refractivity contribution in [2.24, 2.45) is 5.92 Å². The lowest BCUT2D eigenvalue weighted by molar-refractivity contribution is -0.124. The highest BCUT2D eigenvalue weighted by atomic mass is 19.1. The van der Waals surface area contributed by atoms with Crippen LogP contribution in [0.25, 0.3) is 11.0 Å². The van der Waals surface area contributed by atoms with Gasteiger partial charge in [-0.3, -0.25) is 19.4 Å². The molecule has 3 aromatic rings. The minimum absolute atomic E-state index is 0.0154. The van der Waals surface area contributed by atoms with Crippen LogP contribution in [0.15, 0.2) is 34.8 Å². The quantitative estimate of drug-likeness (QED) is 0.219. The number of likely N-dealkylation sites (N-methyl/N-ethyl adjacent to an activating group) is 1. The molecule has 0 spiro atoms. The van der Waals surface area contributed by atoms with Crippen molar-refractivity contribution in [1.29, 1.82) is 0 Å². The minimum Gasteiger partial charge on any atom is -0.436 e. The SMILES string of the molecule is Cc1c(Cn2c(C)ccc(NC(=O)[C@H](CC/C=C(\C=O)CN(C)C)OC(=O)N(C)C)c2=O)[nH]c2c(CC(C)C)c(F)cnc12. The Morgan fingerprint density at radius 2 is 1.89 bits per heavy atom. The molecular formula is C32H43FN6O5. The minimum atomic E-state index is -1.21. The van der Waals surface area contributed by atoms with Gasteiger partial charge in [0.25, 0.3) is 11.5 Å². The number of carbonyl (C=O) groups excluding carboxylic acids is 3. The number of pyridine rings is 2. The van der Waals surface area contributed by atoms with Crippen LogP contribution >= 0.6 is 0 Å². The topological polar surface area (TPSA) is 130 Å². The monoisotopic (exact) mass is 610 g/mol. The molecule has 3 heterocycles. The van der Waals surface area contributed by atoms with E-state index in [9.17, 15) is 23.6 Å². The zero-order valence-corrected chi connectivity index (χ0v) is 26.8. The highest BCUT2D eigenvalue weighted by Gasteiger charge is 2.25. The summed E-state index contributed by atoms with van der Waals surface area (Å²) in [6.45, 7) is 8.25. The summed E-state index contributed by atoms with van der Waals surface area (Å²) in [5.41, 5.74) is 4.07. The molecule has 0 aromatic carbocycles. The Morgan fingerprint density at radius 3 is 2.50 bits per heavy atom. The molecule has 3 aromatic heterocycles. The molecule has 1 atom stereocenters. The number of rotatable bonds is 13. The van der Waals surface area contributed by atoms with E-state index in [2.05, 4.69) is 15.3 Å². The molecule has 2 amide bonds. The van der Waals surface area contributed by atoms with Gasteiger partial charge in [-0.2, -0.15) is 0 Å². The number of ether oxygens (including phenoxy) is 1. The smallest absolute Gasteiger partial charge is 0.410 e. The van der Waals surface area contributed by atoms with E-state index in [4.69, 9.17) is 4.74 Å². The van der Waals surface area contributed by atoms with Crippen LogP contribution in [0, 0.1) is 25.6 Å². The van der Waals surface area contributed by atoms with Crippen LogP contribution < -0.4 is 10.9 Å². The number of carbonyl (C=O) groups is 3. The van der Waals surface area contributed by atoms with E-state index in [0.717, 1.165) is 11.8 Å². The summed E-state index contributed by atoms with van der Waals surface area (Å²) in [5.74, 6) is -0.812. The third-order valence-corrected chi connectivity index (χ3v) is 7.18. The van der Waals surface area contributed by atoms with Crippen molar-refractivity contribution in [2.45, 2.75) is 59.6 Å². The number of aryl methyl sites for hydroxylation is 2. The molecule has 3 rings (SSSR count). The number of allylic oxidation sites excluding steroid dienone is 1. The predicted molar refractivity (Wildman–Crippen MR) is 168 cm³/mol. The third kappa shape index (κ3) is 8.40. The number of nitrogens with zero attached hydrogens (tertiary/aromatic N) is 4. The zero-order valence-electron chi connectivity index (χ0n) is 26.8. The first-order chi connectivity index (χ1) is 20.7. The number of aromatic amines is 1. The van der Waals surface area contributed by atoms with Gasteiger partial charge in [-0.1, -0.05) is 19.9 Å². The van der Waals surface area contributed by atoms with Crippen LogP contribution in [0.3, 0.4) is 0 Å². The van der Waals surface area contributed by atoms with Gasteiger partial charge in [0.15, 0.2) is 6.10 Å². The second kappa shape index (κ2) is 14.9. The van der Waals surface area contributed by atoms with E-state index in [1.165, 1.54) is 35.8 Å². The maximum absolute atomic E-state index is 14.7. The molecule has 0 unspecified atom stereocenters. The molecule has 0 fully saturated rings. The van der Waals surface area contributed by atoms with Gasteiger partial charge < -0.3 is 29.4 Å². The number of H-pyrrole nitrogens is 1. The average Bonchev–Trinajstić information content (AvgIpc) is 3.27. The normalized spacial score (nSPS) is 12.6. The number of nitrogens with one attached hydrogen (secondary N) is 2. The first-order valence-corrected chi connectivity index (χ1v) is 14.6. The van der Waals surface area contributed by atoms with E-state index >= 15 is 0 Å². The van der Waals surface area contributed by atoms with Crippen molar-refractivity contribution in [2.75, 3.05) is 40.1 Å². The molecule has 0 aliphatic rings. The number of hydrogen-bond donors (Lipinski definition) is 2. The third-order valence-electron chi connectivity index (χ3n) is 7.18. The number of halogens is 1. The van der Waals surface area contributed by atoms with Crippen LogP contribution in [0.1, 0.15) is 49.2 Å². The Hall–Kier alpha value is -4.32. The van der Waals surface area contributed by atoms with Crippen molar-refractivity contribution in [3.63, 3.8) is 0 Å². The van der Waals surface area contributed by atoms with Crippen LogP contribution in [-0.2, 0) is 27.3 Å². The predicted octanol–water partition coefficient (Wildman–Crippen LogP) is 4.20. The van der Waals surface area contributed by atoms with Crippen LogP contribution in [0.2, 0.25) is 0 Å². The van der Waals surface area contributed by atoms with Gasteiger partial charge in [-0.25, -0.2) is 9.18 Å². The summed E-state index contributed by atoms with van der Waals surface area (Å²) < 4.78 is 21.6. The molecule has 2 N–H and O–H groups in total. The molecule has 238 valence electrons. The molecule has 12 heteroatoms. The second-order valence-corrected chi connectivity index (χ2v) is 11.9. The van der Waals surface area contributed by atoms with Crippen molar-refractivity contribution in [3.05, 3.63) is 68.7 Å². The van der Waals surface area contributed by atoms with E-state index in [-0.39, 0.29) is 30.4 Å². The van der Waals surface area contributed by atoms with Crippen molar-refractivity contribution < 1.29 is 23.5 Å².